The highest BCUT2D eigenvalue weighted by Crippen LogP contribution is 2.14. The largest absolute Gasteiger partial charge is 0.115 e. The minimum Gasteiger partial charge on any atom is -0.115 e. The van der Waals surface area contributed by atoms with Crippen LogP contribution in [0.25, 0.3) is 0 Å². The first-order chi connectivity index (χ1) is 5.69. The summed E-state index contributed by atoms with van der Waals surface area (Å²) in [4.78, 5) is 0. The van der Waals surface area contributed by atoms with Gasteiger partial charge in [-0.25, -0.2) is 0 Å². The van der Waals surface area contributed by atoms with Crippen molar-refractivity contribution in [3.8, 4) is 24.7 Å². The zero-order valence-electron chi connectivity index (χ0n) is 7.31. The fourth-order valence-electron chi connectivity index (χ4n) is 1.27. The van der Waals surface area contributed by atoms with E-state index in [2.05, 4.69) is 11.8 Å². The van der Waals surface area contributed by atoms with Crippen molar-refractivity contribution in [3.05, 3.63) is 34.4 Å². The molecule has 0 atom stereocenters. The summed E-state index contributed by atoms with van der Waals surface area (Å²) in [7, 11) is 0. The Kier molecular flexibility index (Phi) is 2.22. The molecule has 0 amide bonds. The summed E-state index contributed by atoms with van der Waals surface area (Å²) in [5.41, 5.74) is 3.88. The first-order valence-corrected chi connectivity index (χ1v) is 3.73. The molecule has 58 valence electrons. The second kappa shape index (κ2) is 3.16. The molecule has 1 aromatic rings. The Balaban J connectivity index is 3.50. The van der Waals surface area contributed by atoms with Gasteiger partial charge in [0.05, 0.1) is 0 Å². The predicted octanol–water partition coefficient (Wildman–Crippen LogP) is 2.27. The summed E-state index contributed by atoms with van der Waals surface area (Å²) in [5.74, 6) is 5.19. The predicted molar refractivity (Wildman–Crippen MR) is 51.8 cm³/mol. The third kappa shape index (κ3) is 1.34. The van der Waals surface area contributed by atoms with Crippen molar-refractivity contribution < 1.29 is 0 Å². The number of hydrogen-bond acceptors (Lipinski definition) is 0. The van der Waals surface area contributed by atoms with Crippen LogP contribution in [-0.4, -0.2) is 0 Å². The summed E-state index contributed by atoms with van der Waals surface area (Å²) in [6.07, 6.45) is 10.6. The van der Waals surface area contributed by atoms with Crippen molar-refractivity contribution in [1.82, 2.24) is 0 Å². The van der Waals surface area contributed by atoms with Crippen LogP contribution in [0.4, 0.5) is 0 Å². The maximum atomic E-state index is 5.33. The lowest BCUT2D eigenvalue weighted by atomic mass is 10.00. The third-order valence-electron chi connectivity index (χ3n) is 1.78. The molecule has 0 aromatic heterocycles. The molecule has 1 rings (SSSR count). The Bertz CT molecular complexity index is 384. The van der Waals surface area contributed by atoms with E-state index in [-0.39, 0.29) is 0 Å². The van der Waals surface area contributed by atoms with Gasteiger partial charge in [-0.2, -0.15) is 0 Å². The van der Waals surface area contributed by atoms with Crippen LogP contribution in [0.1, 0.15) is 22.3 Å². The lowest BCUT2D eigenvalue weighted by molar-refractivity contribution is 1.35. The number of rotatable bonds is 0. The molecular weight excluding hydrogens is 144 g/mol. The molecule has 0 radical (unpaired) electrons. The molecule has 0 heterocycles. The lowest BCUT2D eigenvalue weighted by Crippen LogP contribution is -1.89. The molecule has 0 N–H and O–H groups in total. The number of aryl methyl sites for hydroxylation is 2. The van der Waals surface area contributed by atoms with E-state index in [4.69, 9.17) is 12.8 Å². The van der Waals surface area contributed by atoms with Gasteiger partial charge >= 0.3 is 0 Å². The van der Waals surface area contributed by atoms with E-state index in [1.165, 1.54) is 0 Å². The molecule has 0 saturated heterocycles. The SMILES string of the molecule is C#Cc1cc(C)cc(C)c1C#C. The van der Waals surface area contributed by atoms with Crippen molar-refractivity contribution in [3.63, 3.8) is 0 Å². The quantitative estimate of drug-likeness (QED) is 0.503. The molecule has 0 saturated carbocycles. The topological polar surface area (TPSA) is 0 Å². The molecule has 0 aliphatic rings. The average molecular weight is 154 g/mol. The van der Waals surface area contributed by atoms with Gasteiger partial charge in [0.2, 0.25) is 0 Å². The van der Waals surface area contributed by atoms with Crippen LogP contribution in [0.5, 0.6) is 0 Å². The van der Waals surface area contributed by atoms with Gasteiger partial charge in [0.1, 0.15) is 0 Å². The smallest absolute Gasteiger partial charge is 0.0428 e. The molecular formula is C12H10. The molecule has 0 aliphatic carbocycles. The summed E-state index contributed by atoms with van der Waals surface area (Å²) in [6.45, 7) is 3.98. The van der Waals surface area contributed by atoms with Crippen molar-refractivity contribution >= 4 is 0 Å². The zero-order chi connectivity index (χ0) is 9.14. The van der Waals surface area contributed by atoms with Gasteiger partial charge in [-0.05, 0) is 31.0 Å². The zero-order valence-corrected chi connectivity index (χ0v) is 7.31. The Hall–Kier alpha value is -1.66. The van der Waals surface area contributed by atoms with E-state index in [9.17, 15) is 0 Å². The van der Waals surface area contributed by atoms with Gasteiger partial charge in [0.15, 0.2) is 0 Å². The van der Waals surface area contributed by atoms with Gasteiger partial charge in [-0.1, -0.05) is 17.9 Å². The molecule has 0 aliphatic heterocycles. The summed E-state index contributed by atoms with van der Waals surface area (Å²) >= 11 is 0. The molecule has 0 bridgehead atoms. The molecule has 0 heteroatoms. The molecule has 0 unspecified atom stereocenters. The first-order valence-electron chi connectivity index (χ1n) is 3.73. The van der Waals surface area contributed by atoms with Crippen LogP contribution < -0.4 is 0 Å². The van der Waals surface area contributed by atoms with E-state index in [0.29, 0.717) is 0 Å². The van der Waals surface area contributed by atoms with Crippen LogP contribution in [-0.2, 0) is 0 Å². The minimum absolute atomic E-state index is 0.815. The third-order valence-corrected chi connectivity index (χ3v) is 1.78. The van der Waals surface area contributed by atoms with Gasteiger partial charge in [-0.15, -0.1) is 12.8 Å². The second-order valence-corrected chi connectivity index (χ2v) is 2.79. The summed E-state index contributed by atoms with van der Waals surface area (Å²) in [6, 6.07) is 3.97. The second-order valence-electron chi connectivity index (χ2n) is 2.79. The summed E-state index contributed by atoms with van der Waals surface area (Å²) < 4.78 is 0. The number of terminal acetylenes is 2. The Morgan fingerprint density at radius 1 is 1.08 bits per heavy atom. The highest BCUT2D eigenvalue weighted by Gasteiger charge is 2.01. The first kappa shape index (κ1) is 8.44. The highest BCUT2D eigenvalue weighted by atomic mass is 14.0. The van der Waals surface area contributed by atoms with E-state index >= 15 is 0 Å². The monoisotopic (exact) mass is 154 g/mol. The van der Waals surface area contributed by atoms with Crippen LogP contribution >= 0.6 is 0 Å². The number of hydrogen-bond donors (Lipinski definition) is 0. The summed E-state index contributed by atoms with van der Waals surface area (Å²) in [5, 5.41) is 0. The van der Waals surface area contributed by atoms with Crippen LogP contribution in [0, 0.1) is 38.5 Å². The molecule has 12 heavy (non-hydrogen) atoms. The van der Waals surface area contributed by atoms with Crippen molar-refractivity contribution in [2.24, 2.45) is 0 Å². The Morgan fingerprint density at radius 3 is 2.25 bits per heavy atom. The Labute approximate surface area is 73.6 Å². The van der Waals surface area contributed by atoms with Crippen LogP contribution in [0.3, 0.4) is 0 Å². The van der Waals surface area contributed by atoms with Crippen molar-refractivity contribution in [2.45, 2.75) is 13.8 Å². The van der Waals surface area contributed by atoms with Gasteiger partial charge < -0.3 is 0 Å². The van der Waals surface area contributed by atoms with Crippen molar-refractivity contribution in [1.29, 1.82) is 0 Å². The fourth-order valence-corrected chi connectivity index (χ4v) is 1.27. The average Bonchev–Trinajstić information content (AvgIpc) is 2.03. The number of benzene rings is 1. The van der Waals surface area contributed by atoms with Crippen LogP contribution in [0.15, 0.2) is 12.1 Å². The van der Waals surface area contributed by atoms with Gasteiger partial charge in [-0.3, -0.25) is 0 Å². The maximum Gasteiger partial charge on any atom is 0.0428 e. The minimum atomic E-state index is 0.815. The molecule has 0 fully saturated rings. The van der Waals surface area contributed by atoms with E-state index in [1.807, 2.05) is 26.0 Å². The van der Waals surface area contributed by atoms with Crippen LogP contribution in [0.2, 0.25) is 0 Å². The molecule has 1 aromatic carbocycles. The van der Waals surface area contributed by atoms with E-state index < -0.39 is 0 Å². The molecule has 0 spiro atoms. The molecule has 0 nitrogen and oxygen atoms in total. The maximum absolute atomic E-state index is 5.33. The van der Waals surface area contributed by atoms with Gasteiger partial charge in [0, 0.05) is 11.1 Å². The van der Waals surface area contributed by atoms with E-state index in [0.717, 1.165) is 22.3 Å². The lowest BCUT2D eigenvalue weighted by Gasteiger charge is -2.03. The highest BCUT2D eigenvalue weighted by molar-refractivity contribution is 5.54. The van der Waals surface area contributed by atoms with Crippen molar-refractivity contribution in [2.75, 3.05) is 0 Å². The Morgan fingerprint density at radius 2 is 1.75 bits per heavy atom. The standard InChI is InChI=1S/C12H10/c1-5-11-8-9(3)7-10(4)12(11)6-2/h1-2,7-8H,3-4H3. The normalized spacial score (nSPS) is 8.67. The fraction of sp³-hybridized carbons (Fsp3) is 0.167. The van der Waals surface area contributed by atoms with E-state index in [1.54, 1.807) is 0 Å². The van der Waals surface area contributed by atoms with Gasteiger partial charge in [0.25, 0.3) is 0 Å².